The lowest BCUT2D eigenvalue weighted by molar-refractivity contribution is 0.132. The van der Waals surface area contributed by atoms with Crippen LogP contribution in [0.25, 0.3) is 0 Å². The average Bonchev–Trinajstić information content (AvgIpc) is 2.52. The first-order valence-corrected chi connectivity index (χ1v) is 6.03. The Morgan fingerprint density at radius 1 is 1.10 bits per heavy atom. The summed E-state index contributed by atoms with van der Waals surface area (Å²) in [4.78, 5) is 5.16. The molecule has 0 spiro atoms. The number of benzene rings is 2. The van der Waals surface area contributed by atoms with Crippen LogP contribution in [0, 0.1) is 11.3 Å². The third-order valence-electron chi connectivity index (χ3n) is 2.62. The Labute approximate surface area is 117 Å². The predicted octanol–water partition coefficient (Wildman–Crippen LogP) is 2.99. The van der Waals surface area contributed by atoms with Crippen LogP contribution in [-0.4, -0.2) is 13.3 Å². The molecule has 1 radical (unpaired) electrons. The summed E-state index contributed by atoms with van der Waals surface area (Å²) < 4.78 is 5.07. The molecule has 0 aliphatic heterocycles. The number of methoxy groups -OCH3 is 1. The molecule has 0 fully saturated rings. The van der Waals surface area contributed by atoms with E-state index in [4.69, 9.17) is 14.8 Å². The summed E-state index contributed by atoms with van der Waals surface area (Å²) in [6, 6.07) is 16.6. The third kappa shape index (κ3) is 3.85. The largest absolute Gasteiger partial charge is 0.497 e. The number of nitriles is 1. The summed E-state index contributed by atoms with van der Waals surface area (Å²) in [7, 11) is 1.63. The van der Waals surface area contributed by atoms with Gasteiger partial charge in [0.25, 0.3) is 0 Å². The molecule has 0 aliphatic carbocycles. The number of nitrogens with zero attached hydrogens (tertiary/aromatic N) is 2. The van der Waals surface area contributed by atoms with Crippen LogP contribution in [0.4, 0.5) is 0 Å². The van der Waals surface area contributed by atoms with Gasteiger partial charge in [0.1, 0.15) is 18.6 Å². The molecule has 0 heterocycles. The number of rotatable bonds is 5. The van der Waals surface area contributed by atoms with Gasteiger partial charge >= 0.3 is 0 Å². The maximum atomic E-state index is 8.78. The monoisotopic (exact) mass is 265 g/mol. The topological polar surface area (TPSA) is 54.6 Å². The molecule has 99 valence electrons. The van der Waals surface area contributed by atoms with Gasteiger partial charge in [-0.3, -0.25) is 0 Å². The second-order valence-corrected chi connectivity index (χ2v) is 4.02. The van der Waals surface area contributed by atoms with Crippen molar-refractivity contribution in [1.82, 2.24) is 0 Å². The molecule has 0 unspecified atom stereocenters. The molecule has 0 saturated carbocycles. The highest BCUT2D eigenvalue weighted by Crippen LogP contribution is 2.12. The van der Waals surface area contributed by atoms with Crippen LogP contribution in [0.15, 0.2) is 53.7 Å². The summed E-state index contributed by atoms with van der Waals surface area (Å²) in [6.45, 7) is 0.356. The van der Waals surface area contributed by atoms with E-state index in [1.807, 2.05) is 24.3 Å². The van der Waals surface area contributed by atoms with E-state index in [1.165, 1.54) is 0 Å². The van der Waals surface area contributed by atoms with Gasteiger partial charge < -0.3 is 9.57 Å². The lowest BCUT2D eigenvalue weighted by atomic mass is 10.1. The third-order valence-corrected chi connectivity index (χ3v) is 2.62. The Bertz CT molecular complexity index is 628. The number of ether oxygens (including phenoxy) is 1. The maximum absolute atomic E-state index is 8.78. The van der Waals surface area contributed by atoms with Gasteiger partial charge in [-0.25, -0.2) is 0 Å². The first-order valence-electron chi connectivity index (χ1n) is 6.03. The first-order chi connectivity index (χ1) is 9.81. The SMILES string of the molecule is COc1ccc(CO/N=[C]\c2cccc(C#N)c2)cc1. The molecule has 0 aromatic heterocycles. The summed E-state index contributed by atoms with van der Waals surface area (Å²) in [5, 5.41) is 12.5. The highest BCUT2D eigenvalue weighted by atomic mass is 16.6. The maximum Gasteiger partial charge on any atom is 0.142 e. The van der Waals surface area contributed by atoms with Gasteiger partial charge in [-0.15, -0.1) is 0 Å². The van der Waals surface area contributed by atoms with E-state index in [-0.39, 0.29) is 0 Å². The van der Waals surface area contributed by atoms with E-state index in [0.29, 0.717) is 17.7 Å². The summed E-state index contributed by atoms with van der Waals surface area (Å²) in [6.07, 6.45) is 2.74. The number of hydrogen-bond acceptors (Lipinski definition) is 4. The lowest BCUT2D eigenvalue weighted by Crippen LogP contribution is -1.89. The Morgan fingerprint density at radius 2 is 1.85 bits per heavy atom. The van der Waals surface area contributed by atoms with Crippen molar-refractivity contribution in [3.05, 3.63) is 65.2 Å². The van der Waals surface area contributed by atoms with Gasteiger partial charge in [0.15, 0.2) is 0 Å². The van der Waals surface area contributed by atoms with Gasteiger partial charge in [0, 0.05) is 5.56 Å². The van der Waals surface area contributed by atoms with Crippen molar-refractivity contribution in [3.8, 4) is 11.8 Å². The fourth-order valence-corrected chi connectivity index (χ4v) is 1.57. The van der Waals surface area contributed by atoms with E-state index in [1.54, 1.807) is 31.4 Å². The minimum Gasteiger partial charge on any atom is -0.497 e. The van der Waals surface area contributed by atoms with E-state index < -0.39 is 0 Å². The second-order valence-electron chi connectivity index (χ2n) is 4.02. The van der Waals surface area contributed by atoms with Crippen LogP contribution in [0.3, 0.4) is 0 Å². The molecule has 2 rings (SSSR count). The fraction of sp³-hybridized carbons (Fsp3) is 0.125. The van der Waals surface area contributed by atoms with Crippen molar-refractivity contribution in [3.63, 3.8) is 0 Å². The quantitative estimate of drug-likeness (QED) is 0.617. The lowest BCUT2D eigenvalue weighted by Gasteiger charge is -2.02. The Kier molecular flexibility index (Phi) is 4.74. The molecule has 2 aromatic carbocycles. The van der Waals surface area contributed by atoms with E-state index in [9.17, 15) is 0 Å². The normalized spacial score (nSPS) is 10.2. The molecule has 0 aliphatic rings. The standard InChI is InChI=1S/C16H13N2O2/c1-19-16-7-5-13(6-8-16)12-20-18-11-15-4-2-3-14(9-15)10-17/h2-9H,12H2,1H3. The summed E-state index contributed by atoms with van der Waals surface area (Å²) in [5.41, 5.74) is 2.27. The number of hydrogen-bond donors (Lipinski definition) is 0. The molecule has 0 amide bonds. The minimum atomic E-state index is 0.356. The summed E-state index contributed by atoms with van der Waals surface area (Å²) in [5.74, 6) is 0.803. The molecule has 4 heteroatoms. The molecule has 0 saturated heterocycles. The smallest absolute Gasteiger partial charge is 0.142 e. The van der Waals surface area contributed by atoms with Crippen LogP contribution < -0.4 is 4.74 Å². The van der Waals surface area contributed by atoms with Crippen molar-refractivity contribution < 1.29 is 9.57 Å². The van der Waals surface area contributed by atoms with Crippen LogP contribution in [0.1, 0.15) is 16.7 Å². The molecule has 0 atom stereocenters. The van der Waals surface area contributed by atoms with E-state index in [2.05, 4.69) is 17.4 Å². The Morgan fingerprint density at radius 3 is 2.55 bits per heavy atom. The van der Waals surface area contributed by atoms with Gasteiger partial charge in [-0.05, 0) is 29.8 Å². The van der Waals surface area contributed by atoms with Crippen LogP contribution >= 0.6 is 0 Å². The van der Waals surface area contributed by atoms with Crippen LogP contribution in [-0.2, 0) is 11.4 Å². The molecular formula is C16H13N2O2. The zero-order valence-corrected chi connectivity index (χ0v) is 11.0. The average molecular weight is 265 g/mol. The molecular weight excluding hydrogens is 252 g/mol. The predicted molar refractivity (Wildman–Crippen MR) is 75.5 cm³/mol. The van der Waals surface area contributed by atoms with Crippen LogP contribution in [0.2, 0.25) is 0 Å². The Hall–Kier alpha value is -2.80. The zero-order valence-electron chi connectivity index (χ0n) is 11.0. The van der Waals surface area contributed by atoms with Gasteiger partial charge in [0.05, 0.1) is 18.7 Å². The molecule has 0 N–H and O–H groups in total. The van der Waals surface area contributed by atoms with Gasteiger partial charge in [0.2, 0.25) is 0 Å². The second kappa shape index (κ2) is 6.95. The molecule has 20 heavy (non-hydrogen) atoms. The van der Waals surface area contributed by atoms with Crippen molar-refractivity contribution in [1.29, 1.82) is 5.26 Å². The summed E-state index contributed by atoms with van der Waals surface area (Å²) >= 11 is 0. The van der Waals surface area contributed by atoms with Crippen molar-refractivity contribution >= 4 is 6.21 Å². The van der Waals surface area contributed by atoms with Crippen molar-refractivity contribution in [2.75, 3.05) is 7.11 Å². The van der Waals surface area contributed by atoms with Gasteiger partial charge in [-0.2, -0.15) is 5.26 Å². The van der Waals surface area contributed by atoms with Gasteiger partial charge in [-0.1, -0.05) is 29.4 Å². The first kappa shape index (κ1) is 13.6. The highest BCUT2D eigenvalue weighted by molar-refractivity contribution is 5.79. The Balaban J connectivity index is 1.88. The van der Waals surface area contributed by atoms with E-state index >= 15 is 0 Å². The van der Waals surface area contributed by atoms with Crippen molar-refractivity contribution in [2.45, 2.75) is 6.61 Å². The van der Waals surface area contributed by atoms with Crippen molar-refractivity contribution in [2.24, 2.45) is 5.16 Å². The highest BCUT2D eigenvalue weighted by Gasteiger charge is 1.95. The molecule has 2 aromatic rings. The van der Waals surface area contributed by atoms with Crippen LogP contribution in [0.5, 0.6) is 5.75 Å². The molecule has 0 bridgehead atoms. The van der Waals surface area contributed by atoms with E-state index in [0.717, 1.165) is 11.3 Å². The minimum absolute atomic E-state index is 0.356. The molecule has 4 nitrogen and oxygen atoms in total. The fourth-order valence-electron chi connectivity index (χ4n) is 1.57. The zero-order chi connectivity index (χ0) is 14.2.